The number of allylic oxidation sites excluding steroid dienone is 1. The molecule has 0 fully saturated rings. The molecule has 1 aromatic carbocycles. The standard InChI is InChI=1S/C15H20ClF2N/c1-3-4-5-6-7-8-15(19-2)11-9-14(18)12(16)10-13(11)17/h3,9-10,15,19H,1,4-8H2,2H3. The van der Waals surface area contributed by atoms with E-state index in [4.69, 9.17) is 11.6 Å². The highest BCUT2D eigenvalue weighted by atomic mass is 35.5. The van der Waals surface area contributed by atoms with E-state index in [1.807, 2.05) is 6.08 Å². The van der Waals surface area contributed by atoms with Crippen molar-refractivity contribution in [2.75, 3.05) is 7.05 Å². The van der Waals surface area contributed by atoms with E-state index >= 15 is 0 Å². The Morgan fingerprint density at radius 2 is 2.00 bits per heavy atom. The van der Waals surface area contributed by atoms with Gasteiger partial charge in [-0.3, -0.25) is 0 Å². The van der Waals surface area contributed by atoms with Gasteiger partial charge in [-0.1, -0.05) is 30.5 Å². The van der Waals surface area contributed by atoms with E-state index in [0.717, 1.165) is 38.2 Å². The van der Waals surface area contributed by atoms with Crippen LogP contribution in [0.1, 0.15) is 43.7 Å². The maximum Gasteiger partial charge on any atom is 0.142 e. The third-order valence-electron chi connectivity index (χ3n) is 3.16. The summed E-state index contributed by atoms with van der Waals surface area (Å²) >= 11 is 5.55. The van der Waals surface area contributed by atoms with Gasteiger partial charge in [0.25, 0.3) is 0 Å². The lowest BCUT2D eigenvalue weighted by Gasteiger charge is -2.17. The Kier molecular flexibility index (Phi) is 7.03. The van der Waals surface area contributed by atoms with Crippen LogP contribution < -0.4 is 5.32 Å². The second-order valence-electron chi connectivity index (χ2n) is 4.56. The minimum atomic E-state index is -0.579. The molecule has 1 rings (SSSR count). The van der Waals surface area contributed by atoms with Gasteiger partial charge in [0, 0.05) is 11.6 Å². The Labute approximate surface area is 118 Å². The van der Waals surface area contributed by atoms with Crippen molar-refractivity contribution in [2.24, 2.45) is 0 Å². The normalized spacial score (nSPS) is 12.4. The molecule has 1 nitrogen and oxygen atoms in total. The second kappa shape index (κ2) is 8.28. The number of unbranched alkanes of at least 4 members (excludes halogenated alkanes) is 3. The molecule has 1 aromatic rings. The fourth-order valence-electron chi connectivity index (χ4n) is 2.07. The number of halogens is 3. The van der Waals surface area contributed by atoms with E-state index in [-0.39, 0.29) is 11.1 Å². The molecule has 0 aliphatic carbocycles. The zero-order chi connectivity index (χ0) is 14.3. The highest BCUT2D eigenvalue weighted by Gasteiger charge is 2.16. The van der Waals surface area contributed by atoms with Crippen LogP contribution in [0.25, 0.3) is 0 Å². The number of rotatable bonds is 8. The van der Waals surface area contributed by atoms with Crippen LogP contribution in [-0.2, 0) is 0 Å². The van der Waals surface area contributed by atoms with E-state index in [1.54, 1.807) is 7.05 Å². The number of hydrogen-bond donors (Lipinski definition) is 1. The maximum atomic E-state index is 13.8. The fraction of sp³-hybridized carbons (Fsp3) is 0.467. The molecular weight excluding hydrogens is 268 g/mol. The highest BCUT2D eigenvalue weighted by molar-refractivity contribution is 6.30. The van der Waals surface area contributed by atoms with E-state index in [1.165, 1.54) is 6.07 Å². The molecule has 106 valence electrons. The molecule has 0 aliphatic heterocycles. The lowest BCUT2D eigenvalue weighted by molar-refractivity contribution is 0.477. The lowest BCUT2D eigenvalue weighted by atomic mass is 9.99. The quantitative estimate of drug-likeness (QED) is 0.402. The van der Waals surface area contributed by atoms with Crippen molar-refractivity contribution in [1.29, 1.82) is 0 Å². The molecular formula is C15H20ClF2N. The Balaban J connectivity index is 2.64. The number of hydrogen-bond acceptors (Lipinski definition) is 1. The van der Waals surface area contributed by atoms with Gasteiger partial charge >= 0.3 is 0 Å². The van der Waals surface area contributed by atoms with Gasteiger partial charge in [-0.15, -0.1) is 6.58 Å². The molecule has 1 unspecified atom stereocenters. The highest BCUT2D eigenvalue weighted by Crippen LogP contribution is 2.27. The molecule has 0 saturated carbocycles. The van der Waals surface area contributed by atoms with Crippen molar-refractivity contribution in [2.45, 2.75) is 38.1 Å². The summed E-state index contributed by atoms with van der Waals surface area (Å²) in [6.07, 6.45) is 6.76. The van der Waals surface area contributed by atoms with Crippen molar-refractivity contribution in [3.63, 3.8) is 0 Å². The molecule has 1 atom stereocenters. The first-order chi connectivity index (χ1) is 9.10. The second-order valence-corrected chi connectivity index (χ2v) is 4.96. The van der Waals surface area contributed by atoms with Crippen LogP contribution in [0.3, 0.4) is 0 Å². The van der Waals surface area contributed by atoms with E-state index in [2.05, 4.69) is 11.9 Å². The van der Waals surface area contributed by atoms with Gasteiger partial charge < -0.3 is 5.32 Å². The van der Waals surface area contributed by atoms with Gasteiger partial charge in [-0.05, 0) is 38.4 Å². The van der Waals surface area contributed by atoms with Crippen LogP contribution in [0.2, 0.25) is 5.02 Å². The summed E-state index contributed by atoms with van der Waals surface area (Å²) < 4.78 is 27.2. The van der Waals surface area contributed by atoms with Gasteiger partial charge in [-0.25, -0.2) is 8.78 Å². The van der Waals surface area contributed by atoms with Crippen molar-refractivity contribution in [1.82, 2.24) is 5.32 Å². The minimum Gasteiger partial charge on any atom is -0.313 e. The summed E-state index contributed by atoms with van der Waals surface area (Å²) in [5, 5.41) is 2.85. The van der Waals surface area contributed by atoms with Gasteiger partial charge in [0.2, 0.25) is 0 Å². The van der Waals surface area contributed by atoms with Gasteiger partial charge in [0.1, 0.15) is 11.6 Å². The third-order valence-corrected chi connectivity index (χ3v) is 3.45. The van der Waals surface area contributed by atoms with E-state index < -0.39 is 11.6 Å². The SMILES string of the molecule is C=CCCCCCC(NC)c1cc(F)c(Cl)cc1F. The molecule has 0 heterocycles. The van der Waals surface area contributed by atoms with Crippen LogP contribution in [0.15, 0.2) is 24.8 Å². The van der Waals surface area contributed by atoms with E-state index in [9.17, 15) is 8.78 Å². The van der Waals surface area contributed by atoms with Crippen LogP contribution in [0.5, 0.6) is 0 Å². The van der Waals surface area contributed by atoms with E-state index in [0.29, 0.717) is 5.56 Å². The summed E-state index contributed by atoms with van der Waals surface area (Å²) in [6, 6.07) is 2.03. The molecule has 0 bridgehead atoms. The van der Waals surface area contributed by atoms with Crippen LogP contribution in [0, 0.1) is 11.6 Å². The zero-order valence-electron chi connectivity index (χ0n) is 11.2. The first kappa shape index (κ1) is 16.1. The Morgan fingerprint density at radius 3 is 2.63 bits per heavy atom. The number of nitrogens with one attached hydrogen (secondary N) is 1. The first-order valence-corrected chi connectivity index (χ1v) is 6.90. The topological polar surface area (TPSA) is 12.0 Å². The summed E-state index contributed by atoms with van der Waals surface area (Å²) in [7, 11) is 1.75. The average Bonchev–Trinajstić information content (AvgIpc) is 2.39. The van der Waals surface area contributed by atoms with Crippen molar-refractivity contribution >= 4 is 11.6 Å². The Morgan fingerprint density at radius 1 is 1.26 bits per heavy atom. The van der Waals surface area contributed by atoms with Crippen LogP contribution in [0.4, 0.5) is 8.78 Å². The largest absolute Gasteiger partial charge is 0.313 e. The fourth-order valence-corrected chi connectivity index (χ4v) is 2.22. The van der Waals surface area contributed by atoms with Gasteiger partial charge in [0.05, 0.1) is 5.02 Å². The van der Waals surface area contributed by atoms with Crippen molar-refractivity contribution in [3.8, 4) is 0 Å². The molecule has 4 heteroatoms. The summed E-state index contributed by atoms with van der Waals surface area (Å²) in [4.78, 5) is 0. The predicted molar refractivity (Wildman–Crippen MR) is 76.5 cm³/mol. The molecule has 0 amide bonds. The van der Waals surface area contributed by atoms with Crippen LogP contribution >= 0.6 is 11.6 Å². The Hall–Kier alpha value is -0.930. The maximum absolute atomic E-state index is 13.8. The molecule has 0 aliphatic rings. The smallest absolute Gasteiger partial charge is 0.142 e. The van der Waals surface area contributed by atoms with Crippen molar-refractivity contribution in [3.05, 3.63) is 47.0 Å². The van der Waals surface area contributed by atoms with Gasteiger partial charge in [-0.2, -0.15) is 0 Å². The third kappa shape index (κ3) is 4.92. The lowest BCUT2D eigenvalue weighted by Crippen LogP contribution is -2.18. The molecule has 0 saturated heterocycles. The first-order valence-electron chi connectivity index (χ1n) is 6.52. The Bertz CT molecular complexity index is 421. The average molecular weight is 288 g/mol. The monoisotopic (exact) mass is 287 g/mol. The zero-order valence-corrected chi connectivity index (χ0v) is 11.9. The summed E-state index contributed by atoms with van der Waals surface area (Å²) in [5.41, 5.74) is 0.341. The molecule has 0 aromatic heterocycles. The minimum absolute atomic E-state index is 0.179. The van der Waals surface area contributed by atoms with Crippen LogP contribution in [-0.4, -0.2) is 7.05 Å². The summed E-state index contributed by atoms with van der Waals surface area (Å²) in [6.45, 7) is 3.67. The molecule has 19 heavy (non-hydrogen) atoms. The molecule has 0 radical (unpaired) electrons. The predicted octanol–water partition coefficient (Wildman–Crippen LogP) is 5.02. The molecule has 1 N–H and O–H groups in total. The van der Waals surface area contributed by atoms with Crippen molar-refractivity contribution < 1.29 is 8.78 Å². The molecule has 0 spiro atoms. The summed E-state index contributed by atoms with van der Waals surface area (Å²) in [5.74, 6) is -1.04. The number of benzene rings is 1. The van der Waals surface area contributed by atoms with Gasteiger partial charge in [0.15, 0.2) is 0 Å².